The highest BCUT2D eigenvalue weighted by Crippen LogP contribution is 2.37. The number of nitrogens with two attached hydrogens (primary N) is 1. The molecule has 1 fully saturated rings. The van der Waals surface area contributed by atoms with Gasteiger partial charge in [-0.05, 0) is 48.9 Å². The van der Waals surface area contributed by atoms with Crippen LogP contribution in [0.15, 0.2) is 18.2 Å². The molecule has 1 amide bonds. The van der Waals surface area contributed by atoms with Crippen LogP contribution in [0.25, 0.3) is 0 Å². The third kappa shape index (κ3) is 3.09. The third-order valence-electron chi connectivity index (χ3n) is 4.35. The first-order chi connectivity index (χ1) is 8.90. The lowest BCUT2D eigenvalue weighted by Crippen LogP contribution is -2.39. The van der Waals surface area contributed by atoms with Crippen LogP contribution in [0.1, 0.15) is 55.5 Å². The number of amides is 1. The van der Waals surface area contributed by atoms with E-state index in [0.717, 1.165) is 11.3 Å². The lowest BCUT2D eigenvalue weighted by molar-refractivity contribution is 0.1000. The molecule has 19 heavy (non-hydrogen) atoms. The van der Waals surface area contributed by atoms with Gasteiger partial charge in [-0.25, -0.2) is 0 Å². The molecule has 0 bridgehead atoms. The number of nitrogens with one attached hydrogen (secondary N) is 1. The van der Waals surface area contributed by atoms with Crippen LogP contribution in [0.2, 0.25) is 0 Å². The van der Waals surface area contributed by atoms with Crippen molar-refractivity contribution in [3.8, 4) is 0 Å². The monoisotopic (exact) mass is 260 g/mol. The van der Waals surface area contributed by atoms with Gasteiger partial charge < -0.3 is 11.1 Å². The van der Waals surface area contributed by atoms with Crippen molar-refractivity contribution in [3.05, 3.63) is 29.3 Å². The fourth-order valence-corrected chi connectivity index (χ4v) is 2.93. The molecule has 1 aromatic rings. The molecule has 104 valence electrons. The summed E-state index contributed by atoms with van der Waals surface area (Å²) in [7, 11) is 0. The highest BCUT2D eigenvalue weighted by atomic mass is 16.1. The Morgan fingerprint density at radius 1 is 1.37 bits per heavy atom. The first kappa shape index (κ1) is 13.9. The molecule has 3 nitrogen and oxygen atoms in total. The summed E-state index contributed by atoms with van der Waals surface area (Å²) in [5.41, 5.74) is 8.40. The van der Waals surface area contributed by atoms with E-state index in [-0.39, 0.29) is 5.91 Å². The molecule has 1 saturated carbocycles. The normalized spacial score (nSPS) is 21.9. The minimum atomic E-state index is -0.368. The second-order valence-corrected chi connectivity index (χ2v) is 6.33. The van der Waals surface area contributed by atoms with Gasteiger partial charge in [-0.3, -0.25) is 4.79 Å². The minimum absolute atomic E-state index is 0.326. The Morgan fingerprint density at radius 3 is 2.68 bits per heavy atom. The number of hydrogen-bond acceptors (Lipinski definition) is 2. The molecule has 1 unspecified atom stereocenters. The second-order valence-electron chi connectivity index (χ2n) is 6.33. The van der Waals surface area contributed by atoms with Crippen LogP contribution < -0.4 is 11.1 Å². The Bertz CT molecular complexity index is 480. The average Bonchev–Trinajstić information content (AvgIpc) is 2.33. The topological polar surface area (TPSA) is 55.1 Å². The Morgan fingerprint density at radius 2 is 2.11 bits per heavy atom. The maximum absolute atomic E-state index is 11.2. The molecule has 0 aliphatic heterocycles. The van der Waals surface area contributed by atoms with Crippen molar-refractivity contribution in [2.75, 3.05) is 5.32 Å². The summed E-state index contributed by atoms with van der Waals surface area (Å²) >= 11 is 0. The summed E-state index contributed by atoms with van der Waals surface area (Å²) in [5, 5.41) is 3.65. The predicted molar refractivity (Wildman–Crippen MR) is 79.4 cm³/mol. The number of aryl methyl sites for hydroxylation is 1. The van der Waals surface area contributed by atoms with E-state index < -0.39 is 0 Å². The van der Waals surface area contributed by atoms with E-state index >= 15 is 0 Å². The van der Waals surface area contributed by atoms with Gasteiger partial charge in [0.05, 0.1) is 0 Å². The summed E-state index contributed by atoms with van der Waals surface area (Å²) in [5.74, 6) is -0.368. The number of primary amides is 1. The van der Waals surface area contributed by atoms with Crippen LogP contribution in [0.5, 0.6) is 0 Å². The molecule has 1 aliphatic rings. The highest BCUT2D eigenvalue weighted by Gasteiger charge is 2.32. The van der Waals surface area contributed by atoms with Crippen LogP contribution in [0.3, 0.4) is 0 Å². The predicted octanol–water partition coefficient (Wildman–Crippen LogP) is 3.47. The summed E-state index contributed by atoms with van der Waals surface area (Å²) in [6.07, 6.45) is 5.09. The third-order valence-corrected chi connectivity index (χ3v) is 4.35. The molecule has 0 aromatic heterocycles. The van der Waals surface area contributed by atoms with Gasteiger partial charge in [0, 0.05) is 17.3 Å². The number of carbonyl (C=O) groups is 1. The zero-order valence-corrected chi connectivity index (χ0v) is 12.1. The first-order valence-corrected chi connectivity index (χ1v) is 7.07. The molecular formula is C16H24N2O. The molecule has 0 heterocycles. The van der Waals surface area contributed by atoms with Crippen LogP contribution in [-0.2, 0) is 0 Å². The number of rotatable bonds is 3. The summed E-state index contributed by atoms with van der Waals surface area (Å²) in [4.78, 5) is 11.2. The van der Waals surface area contributed by atoms with E-state index in [4.69, 9.17) is 5.73 Å². The van der Waals surface area contributed by atoms with E-state index in [1.165, 1.54) is 25.7 Å². The van der Waals surface area contributed by atoms with Crippen LogP contribution in [0, 0.1) is 12.3 Å². The fraction of sp³-hybridized carbons (Fsp3) is 0.562. The van der Waals surface area contributed by atoms with E-state index in [0.29, 0.717) is 17.0 Å². The Labute approximate surface area is 115 Å². The Balaban J connectivity index is 2.17. The first-order valence-electron chi connectivity index (χ1n) is 7.07. The summed E-state index contributed by atoms with van der Waals surface area (Å²) < 4.78 is 0. The highest BCUT2D eigenvalue weighted by molar-refractivity contribution is 5.93. The van der Waals surface area contributed by atoms with E-state index in [1.807, 2.05) is 19.1 Å². The second kappa shape index (κ2) is 5.24. The molecular weight excluding hydrogens is 236 g/mol. The standard InChI is InChI=1S/C16H24N2O/c1-11-10-12(15(17)19)7-8-13(11)18-14-6-4-5-9-16(14,2)3/h7-8,10,14,18H,4-6,9H2,1-3H3,(H2,17,19). The van der Waals surface area contributed by atoms with Crippen molar-refractivity contribution in [2.45, 2.75) is 52.5 Å². The van der Waals surface area contributed by atoms with Gasteiger partial charge in [0.15, 0.2) is 0 Å². The van der Waals surface area contributed by atoms with Gasteiger partial charge in [0.25, 0.3) is 0 Å². The van der Waals surface area contributed by atoms with Gasteiger partial charge in [-0.2, -0.15) is 0 Å². The largest absolute Gasteiger partial charge is 0.382 e. The number of benzene rings is 1. The van der Waals surface area contributed by atoms with E-state index in [9.17, 15) is 4.79 Å². The number of carbonyl (C=O) groups excluding carboxylic acids is 1. The molecule has 1 aliphatic carbocycles. The number of hydrogen-bond donors (Lipinski definition) is 2. The SMILES string of the molecule is Cc1cc(C(N)=O)ccc1NC1CCCCC1(C)C. The quantitative estimate of drug-likeness (QED) is 0.874. The lowest BCUT2D eigenvalue weighted by Gasteiger charge is -2.40. The van der Waals surface area contributed by atoms with Gasteiger partial charge in [0.1, 0.15) is 0 Å². The van der Waals surface area contributed by atoms with Crippen LogP contribution >= 0.6 is 0 Å². The van der Waals surface area contributed by atoms with Crippen molar-refractivity contribution in [1.82, 2.24) is 0 Å². The molecule has 0 radical (unpaired) electrons. The zero-order chi connectivity index (χ0) is 14.0. The Hall–Kier alpha value is -1.51. The van der Waals surface area contributed by atoms with E-state index in [1.54, 1.807) is 6.07 Å². The molecule has 3 N–H and O–H groups in total. The van der Waals surface area contributed by atoms with Gasteiger partial charge in [-0.1, -0.05) is 26.7 Å². The number of anilines is 1. The van der Waals surface area contributed by atoms with Gasteiger partial charge in [-0.15, -0.1) is 0 Å². The van der Waals surface area contributed by atoms with Gasteiger partial charge >= 0.3 is 0 Å². The molecule has 1 aromatic carbocycles. The Kier molecular flexibility index (Phi) is 3.83. The molecule has 1 atom stereocenters. The van der Waals surface area contributed by atoms with Gasteiger partial charge in [0.2, 0.25) is 5.91 Å². The van der Waals surface area contributed by atoms with Crippen LogP contribution in [0.4, 0.5) is 5.69 Å². The fourth-order valence-electron chi connectivity index (χ4n) is 2.93. The lowest BCUT2D eigenvalue weighted by atomic mass is 9.73. The molecule has 0 spiro atoms. The van der Waals surface area contributed by atoms with E-state index in [2.05, 4.69) is 19.2 Å². The van der Waals surface area contributed by atoms with Crippen molar-refractivity contribution in [3.63, 3.8) is 0 Å². The maximum Gasteiger partial charge on any atom is 0.248 e. The minimum Gasteiger partial charge on any atom is -0.382 e. The molecule has 2 rings (SSSR count). The molecule has 3 heteroatoms. The summed E-state index contributed by atoms with van der Waals surface area (Å²) in [6.45, 7) is 6.68. The van der Waals surface area contributed by atoms with Crippen molar-refractivity contribution in [2.24, 2.45) is 11.1 Å². The van der Waals surface area contributed by atoms with Crippen molar-refractivity contribution >= 4 is 11.6 Å². The van der Waals surface area contributed by atoms with Crippen molar-refractivity contribution in [1.29, 1.82) is 0 Å². The van der Waals surface area contributed by atoms with Crippen LogP contribution in [-0.4, -0.2) is 11.9 Å². The average molecular weight is 260 g/mol. The molecule has 0 saturated heterocycles. The summed E-state index contributed by atoms with van der Waals surface area (Å²) in [6, 6.07) is 6.13. The smallest absolute Gasteiger partial charge is 0.248 e. The maximum atomic E-state index is 11.2. The zero-order valence-electron chi connectivity index (χ0n) is 12.1. The van der Waals surface area contributed by atoms with Crippen molar-refractivity contribution < 1.29 is 4.79 Å².